The molecule has 1 aliphatic rings. The third-order valence-electron chi connectivity index (χ3n) is 3.55. The summed E-state index contributed by atoms with van der Waals surface area (Å²) in [5, 5.41) is 13.5. The second kappa shape index (κ2) is 5.07. The average Bonchev–Trinajstić information content (AvgIpc) is 2.63. The number of fused-ring (bicyclic) bond motifs is 1. The van der Waals surface area contributed by atoms with Crippen LogP contribution in [-0.4, -0.2) is 43.7 Å². The van der Waals surface area contributed by atoms with Gasteiger partial charge in [0.25, 0.3) is 5.78 Å². The topological polar surface area (TPSA) is 83.6 Å². The minimum atomic E-state index is -1.04. The Hall–Kier alpha value is -2.18. The van der Waals surface area contributed by atoms with Gasteiger partial charge in [0.2, 0.25) is 0 Å². The standard InChI is InChI=1S/C13H17N5O2/c1-9-14-13-15-10(12(19)20)8-11(18(13)16-9)17-6-4-2-3-5-7-17/h8H,2-7H2,1H3,(H,19,20). The van der Waals surface area contributed by atoms with Gasteiger partial charge < -0.3 is 10.0 Å². The van der Waals surface area contributed by atoms with E-state index in [0.717, 1.165) is 31.7 Å². The maximum Gasteiger partial charge on any atom is 0.354 e. The number of hydrogen-bond acceptors (Lipinski definition) is 5. The number of hydrogen-bond donors (Lipinski definition) is 1. The fourth-order valence-corrected chi connectivity index (χ4v) is 2.59. The van der Waals surface area contributed by atoms with E-state index in [4.69, 9.17) is 0 Å². The molecule has 1 N–H and O–H groups in total. The van der Waals surface area contributed by atoms with Gasteiger partial charge in [-0.3, -0.25) is 0 Å². The van der Waals surface area contributed by atoms with Gasteiger partial charge in [-0.25, -0.2) is 9.78 Å². The second-order valence-corrected chi connectivity index (χ2v) is 5.08. The van der Waals surface area contributed by atoms with Gasteiger partial charge >= 0.3 is 5.97 Å². The Kier molecular flexibility index (Phi) is 3.25. The summed E-state index contributed by atoms with van der Waals surface area (Å²) in [4.78, 5) is 21.6. The summed E-state index contributed by atoms with van der Waals surface area (Å²) in [6.07, 6.45) is 4.65. The van der Waals surface area contributed by atoms with Crippen LogP contribution in [0.25, 0.3) is 5.78 Å². The SMILES string of the molecule is Cc1nc2nc(C(=O)O)cc(N3CCCCCC3)n2n1. The lowest BCUT2D eigenvalue weighted by atomic mass is 10.2. The number of nitrogens with zero attached hydrogens (tertiary/aromatic N) is 5. The zero-order valence-electron chi connectivity index (χ0n) is 11.4. The van der Waals surface area contributed by atoms with Crippen molar-refractivity contribution >= 4 is 17.6 Å². The van der Waals surface area contributed by atoms with Crippen molar-refractivity contribution in [2.24, 2.45) is 0 Å². The lowest BCUT2D eigenvalue weighted by Gasteiger charge is -2.22. The number of rotatable bonds is 2. The molecule has 7 nitrogen and oxygen atoms in total. The third kappa shape index (κ3) is 2.31. The normalized spacial score (nSPS) is 16.4. The van der Waals surface area contributed by atoms with Crippen LogP contribution >= 0.6 is 0 Å². The predicted molar refractivity (Wildman–Crippen MR) is 73.2 cm³/mol. The van der Waals surface area contributed by atoms with Gasteiger partial charge in [0.15, 0.2) is 5.69 Å². The van der Waals surface area contributed by atoms with Gasteiger partial charge in [-0.1, -0.05) is 12.8 Å². The molecule has 106 valence electrons. The molecule has 0 radical (unpaired) electrons. The monoisotopic (exact) mass is 275 g/mol. The largest absolute Gasteiger partial charge is 0.477 e. The molecule has 0 unspecified atom stereocenters. The lowest BCUT2D eigenvalue weighted by Crippen LogP contribution is -2.27. The minimum absolute atomic E-state index is 0.0177. The smallest absolute Gasteiger partial charge is 0.354 e. The third-order valence-corrected chi connectivity index (χ3v) is 3.55. The number of aromatic nitrogens is 4. The molecule has 0 spiro atoms. The zero-order valence-corrected chi connectivity index (χ0v) is 11.4. The summed E-state index contributed by atoms with van der Waals surface area (Å²) in [7, 11) is 0. The summed E-state index contributed by atoms with van der Waals surface area (Å²) in [5.41, 5.74) is 0.0177. The quantitative estimate of drug-likeness (QED) is 0.894. The molecule has 0 aliphatic carbocycles. The van der Waals surface area contributed by atoms with Crippen LogP contribution in [-0.2, 0) is 0 Å². The van der Waals surface area contributed by atoms with Crippen LogP contribution in [0.15, 0.2) is 6.07 Å². The van der Waals surface area contributed by atoms with E-state index < -0.39 is 5.97 Å². The Labute approximate surface area is 116 Å². The van der Waals surface area contributed by atoms with E-state index in [1.54, 1.807) is 17.5 Å². The Morgan fingerprint density at radius 2 is 1.90 bits per heavy atom. The maximum absolute atomic E-state index is 11.2. The highest BCUT2D eigenvalue weighted by molar-refractivity contribution is 5.86. The number of carboxylic acids is 1. The fraction of sp³-hybridized carbons (Fsp3) is 0.538. The van der Waals surface area contributed by atoms with E-state index in [2.05, 4.69) is 20.0 Å². The number of carboxylic acid groups (broad SMARTS) is 1. The molecule has 1 fully saturated rings. The van der Waals surface area contributed by atoms with Crippen molar-refractivity contribution in [3.8, 4) is 0 Å². The number of carbonyl (C=O) groups is 1. The Morgan fingerprint density at radius 1 is 1.20 bits per heavy atom. The molecular weight excluding hydrogens is 258 g/mol. The molecular formula is C13H17N5O2. The van der Waals surface area contributed by atoms with Crippen molar-refractivity contribution < 1.29 is 9.90 Å². The molecule has 0 saturated carbocycles. The maximum atomic E-state index is 11.2. The minimum Gasteiger partial charge on any atom is -0.477 e. The molecule has 3 heterocycles. The van der Waals surface area contributed by atoms with Gasteiger partial charge in [-0.2, -0.15) is 9.50 Å². The van der Waals surface area contributed by atoms with Crippen LogP contribution in [0.1, 0.15) is 42.0 Å². The summed E-state index contributed by atoms with van der Waals surface area (Å²) in [6, 6.07) is 1.59. The highest BCUT2D eigenvalue weighted by Gasteiger charge is 2.19. The van der Waals surface area contributed by atoms with Crippen molar-refractivity contribution in [1.82, 2.24) is 19.6 Å². The molecule has 2 aromatic rings. The predicted octanol–water partition coefficient (Wildman–Crippen LogP) is 1.51. The first-order chi connectivity index (χ1) is 9.65. The van der Waals surface area contributed by atoms with Crippen LogP contribution in [0, 0.1) is 6.92 Å². The summed E-state index contributed by atoms with van der Waals surface area (Å²) in [6.45, 7) is 3.61. The molecule has 0 bridgehead atoms. The van der Waals surface area contributed by atoms with Crippen molar-refractivity contribution in [2.45, 2.75) is 32.6 Å². The molecule has 20 heavy (non-hydrogen) atoms. The molecule has 0 amide bonds. The summed E-state index contributed by atoms with van der Waals surface area (Å²) < 4.78 is 1.65. The molecule has 0 atom stereocenters. The lowest BCUT2D eigenvalue weighted by molar-refractivity contribution is 0.0690. The van der Waals surface area contributed by atoms with E-state index in [-0.39, 0.29) is 5.69 Å². The molecule has 2 aromatic heterocycles. The van der Waals surface area contributed by atoms with E-state index in [0.29, 0.717) is 11.6 Å². The van der Waals surface area contributed by atoms with Gasteiger partial charge in [0.05, 0.1) is 0 Å². The zero-order chi connectivity index (χ0) is 14.1. The van der Waals surface area contributed by atoms with Gasteiger partial charge in [-0.05, 0) is 19.8 Å². The van der Waals surface area contributed by atoms with E-state index in [9.17, 15) is 9.90 Å². The van der Waals surface area contributed by atoms with E-state index in [1.807, 2.05) is 0 Å². The first kappa shape index (κ1) is 12.8. The van der Waals surface area contributed by atoms with Crippen LogP contribution in [0.4, 0.5) is 5.82 Å². The molecule has 1 saturated heterocycles. The number of aromatic carboxylic acids is 1. The molecule has 1 aliphatic heterocycles. The van der Waals surface area contributed by atoms with Crippen molar-refractivity contribution in [1.29, 1.82) is 0 Å². The van der Waals surface area contributed by atoms with Crippen LogP contribution in [0.5, 0.6) is 0 Å². The van der Waals surface area contributed by atoms with Crippen LogP contribution in [0.2, 0.25) is 0 Å². The van der Waals surface area contributed by atoms with Crippen molar-refractivity contribution in [2.75, 3.05) is 18.0 Å². The van der Waals surface area contributed by atoms with Gasteiger partial charge in [0.1, 0.15) is 11.6 Å². The average molecular weight is 275 g/mol. The first-order valence-electron chi connectivity index (χ1n) is 6.88. The van der Waals surface area contributed by atoms with E-state index in [1.165, 1.54) is 12.8 Å². The van der Waals surface area contributed by atoms with E-state index >= 15 is 0 Å². The highest BCUT2D eigenvalue weighted by Crippen LogP contribution is 2.21. The highest BCUT2D eigenvalue weighted by atomic mass is 16.4. The first-order valence-corrected chi connectivity index (χ1v) is 6.88. The van der Waals surface area contributed by atoms with Crippen LogP contribution in [0.3, 0.4) is 0 Å². The Balaban J connectivity index is 2.12. The molecule has 3 rings (SSSR count). The summed E-state index contributed by atoms with van der Waals surface area (Å²) in [5.74, 6) is 0.678. The van der Waals surface area contributed by atoms with Crippen LogP contribution < -0.4 is 4.90 Å². The van der Waals surface area contributed by atoms with Gasteiger partial charge in [-0.15, -0.1) is 5.10 Å². The fourth-order valence-electron chi connectivity index (χ4n) is 2.59. The number of aryl methyl sites for hydroxylation is 1. The van der Waals surface area contributed by atoms with Crippen molar-refractivity contribution in [3.05, 3.63) is 17.6 Å². The Bertz CT molecular complexity index is 643. The van der Waals surface area contributed by atoms with Gasteiger partial charge in [0, 0.05) is 19.2 Å². The second-order valence-electron chi connectivity index (χ2n) is 5.08. The summed E-state index contributed by atoms with van der Waals surface area (Å²) >= 11 is 0. The Morgan fingerprint density at radius 3 is 2.55 bits per heavy atom. The molecule has 7 heteroatoms. The van der Waals surface area contributed by atoms with Crippen molar-refractivity contribution in [3.63, 3.8) is 0 Å². The number of anilines is 1. The molecule has 0 aromatic carbocycles.